The maximum absolute atomic E-state index is 12.3. The number of sulfonamides is 1. The molecule has 0 bridgehead atoms. The number of hydrogen-bond acceptors (Lipinski definition) is 5. The molecule has 3 atom stereocenters. The van der Waals surface area contributed by atoms with E-state index in [1.807, 2.05) is 6.92 Å². The maximum Gasteiger partial charge on any atom is 0.325 e. The molecular weight excluding hydrogens is 256 g/mol. The molecule has 2 N–H and O–H groups in total. The summed E-state index contributed by atoms with van der Waals surface area (Å²) in [5, 5.41) is -1.17. The van der Waals surface area contributed by atoms with E-state index in [1.165, 1.54) is 18.3 Å². The minimum absolute atomic E-state index is 0.0927. The van der Waals surface area contributed by atoms with Crippen LogP contribution in [0.25, 0.3) is 0 Å². The molecule has 0 aromatic rings. The van der Waals surface area contributed by atoms with Crippen LogP contribution in [-0.2, 0) is 19.6 Å². The van der Waals surface area contributed by atoms with Crippen molar-refractivity contribution in [2.24, 2.45) is 11.7 Å². The fraction of sp³-hybridized carbons (Fsp3) is 0.909. The van der Waals surface area contributed by atoms with E-state index in [-0.39, 0.29) is 12.0 Å². The van der Waals surface area contributed by atoms with Gasteiger partial charge in [0, 0.05) is 12.6 Å². The zero-order chi connectivity index (χ0) is 13.9. The highest BCUT2D eigenvalue weighted by Crippen LogP contribution is 2.26. The van der Waals surface area contributed by atoms with E-state index in [2.05, 4.69) is 4.74 Å². The summed E-state index contributed by atoms with van der Waals surface area (Å²) >= 11 is 0. The summed E-state index contributed by atoms with van der Waals surface area (Å²) in [6, 6.07) is -0.0927. The standard InChI is InChI=1S/C11H22N2O4S/c1-8-4-5-10(6-12)7-13(8)18(15,16)9(2)11(14)17-3/h8-10H,4-7,12H2,1-3H3. The Hall–Kier alpha value is -0.660. The van der Waals surface area contributed by atoms with Crippen LogP contribution >= 0.6 is 0 Å². The maximum atomic E-state index is 12.3. The molecule has 0 radical (unpaired) electrons. The van der Waals surface area contributed by atoms with Gasteiger partial charge < -0.3 is 10.5 Å². The summed E-state index contributed by atoms with van der Waals surface area (Å²) in [6.45, 7) is 4.07. The zero-order valence-electron chi connectivity index (χ0n) is 11.1. The van der Waals surface area contributed by atoms with Crippen molar-refractivity contribution in [2.45, 2.75) is 38.0 Å². The first-order valence-corrected chi connectivity index (χ1v) is 7.63. The van der Waals surface area contributed by atoms with E-state index >= 15 is 0 Å². The molecule has 7 heteroatoms. The smallest absolute Gasteiger partial charge is 0.325 e. The number of carbonyl (C=O) groups excluding carboxylic acids is 1. The first-order chi connectivity index (χ1) is 8.34. The fourth-order valence-corrected chi connectivity index (χ4v) is 3.96. The van der Waals surface area contributed by atoms with E-state index in [4.69, 9.17) is 5.73 Å². The average Bonchev–Trinajstić information content (AvgIpc) is 2.37. The third-order valence-corrected chi connectivity index (χ3v) is 5.81. The number of ether oxygens (including phenoxy) is 1. The third kappa shape index (κ3) is 3.02. The molecule has 0 saturated carbocycles. The van der Waals surface area contributed by atoms with Crippen LogP contribution in [-0.4, -0.2) is 50.2 Å². The molecule has 0 aliphatic carbocycles. The lowest BCUT2D eigenvalue weighted by Crippen LogP contribution is -2.51. The van der Waals surface area contributed by atoms with Crippen molar-refractivity contribution in [2.75, 3.05) is 20.2 Å². The number of nitrogens with two attached hydrogens (primary N) is 1. The van der Waals surface area contributed by atoms with Crippen molar-refractivity contribution in [3.05, 3.63) is 0 Å². The highest BCUT2D eigenvalue weighted by atomic mass is 32.2. The van der Waals surface area contributed by atoms with Crippen LogP contribution in [0.15, 0.2) is 0 Å². The molecule has 1 rings (SSSR count). The predicted octanol–water partition coefficient (Wildman–Crippen LogP) is -0.0631. The number of methoxy groups -OCH3 is 1. The Morgan fingerprint density at radius 3 is 2.61 bits per heavy atom. The van der Waals surface area contributed by atoms with Crippen LogP contribution < -0.4 is 5.73 Å². The Morgan fingerprint density at radius 2 is 2.11 bits per heavy atom. The van der Waals surface area contributed by atoms with Crippen LogP contribution in [0.3, 0.4) is 0 Å². The molecule has 18 heavy (non-hydrogen) atoms. The van der Waals surface area contributed by atoms with E-state index in [1.54, 1.807) is 0 Å². The van der Waals surface area contributed by atoms with Gasteiger partial charge in [0.1, 0.15) is 0 Å². The fourth-order valence-electron chi connectivity index (χ4n) is 2.18. The van der Waals surface area contributed by atoms with Crippen LogP contribution in [0.1, 0.15) is 26.7 Å². The number of carbonyl (C=O) groups is 1. The summed E-state index contributed by atoms with van der Waals surface area (Å²) in [5.41, 5.74) is 5.60. The molecule has 0 aromatic carbocycles. The van der Waals surface area contributed by atoms with Crippen LogP contribution in [0, 0.1) is 5.92 Å². The largest absolute Gasteiger partial charge is 0.468 e. The van der Waals surface area contributed by atoms with Gasteiger partial charge in [-0.2, -0.15) is 4.31 Å². The zero-order valence-corrected chi connectivity index (χ0v) is 11.9. The minimum Gasteiger partial charge on any atom is -0.468 e. The van der Waals surface area contributed by atoms with Crippen LogP contribution in [0.4, 0.5) is 0 Å². The molecule has 0 amide bonds. The second kappa shape index (κ2) is 5.99. The van der Waals surface area contributed by atoms with Gasteiger partial charge in [0.05, 0.1) is 7.11 Å². The van der Waals surface area contributed by atoms with Gasteiger partial charge in [-0.3, -0.25) is 4.79 Å². The van der Waals surface area contributed by atoms with Crippen molar-refractivity contribution < 1.29 is 17.9 Å². The molecule has 3 unspecified atom stereocenters. The molecule has 0 aromatic heterocycles. The van der Waals surface area contributed by atoms with E-state index in [9.17, 15) is 13.2 Å². The molecule has 0 spiro atoms. The van der Waals surface area contributed by atoms with Gasteiger partial charge >= 0.3 is 5.97 Å². The van der Waals surface area contributed by atoms with Crippen molar-refractivity contribution in [3.8, 4) is 0 Å². The second-order valence-electron chi connectivity index (χ2n) is 4.81. The number of nitrogens with zero attached hydrogens (tertiary/aromatic N) is 1. The molecule has 1 saturated heterocycles. The van der Waals surface area contributed by atoms with E-state index in [0.29, 0.717) is 13.1 Å². The van der Waals surface area contributed by atoms with Gasteiger partial charge in [0.25, 0.3) is 0 Å². The predicted molar refractivity (Wildman–Crippen MR) is 68.3 cm³/mol. The Bertz CT molecular complexity index is 396. The topological polar surface area (TPSA) is 89.7 Å². The molecule has 1 aliphatic rings. The van der Waals surface area contributed by atoms with Crippen molar-refractivity contribution >= 4 is 16.0 Å². The monoisotopic (exact) mass is 278 g/mol. The molecule has 1 aliphatic heterocycles. The molecule has 106 valence electrons. The summed E-state index contributed by atoms with van der Waals surface area (Å²) in [7, 11) is -2.47. The normalized spacial score (nSPS) is 27.8. The number of rotatable bonds is 4. The number of hydrogen-bond donors (Lipinski definition) is 1. The van der Waals surface area contributed by atoms with Crippen molar-refractivity contribution in [1.29, 1.82) is 0 Å². The van der Waals surface area contributed by atoms with Gasteiger partial charge in [-0.05, 0) is 39.2 Å². The Balaban J connectivity index is 2.92. The first-order valence-electron chi connectivity index (χ1n) is 6.13. The van der Waals surface area contributed by atoms with Gasteiger partial charge in [0.2, 0.25) is 10.0 Å². The highest BCUT2D eigenvalue weighted by molar-refractivity contribution is 7.90. The van der Waals surface area contributed by atoms with Gasteiger partial charge in [0.15, 0.2) is 5.25 Å². The lowest BCUT2D eigenvalue weighted by Gasteiger charge is -2.37. The van der Waals surface area contributed by atoms with Gasteiger partial charge in [-0.1, -0.05) is 0 Å². The third-order valence-electron chi connectivity index (χ3n) is 3.56. The van der Waals surface area contributed by atoms with Crippen LogP contribution in [0.2, 0.25) is 0 Å². The Morgan fingerprint density at radius 1 is 1.50 bits per heavy atom. The second-order valence-corrected chi connectivity index (χ2v) is 7.01. The minimum atomic E-state index is -3.66. The molecule has 6 nitrogen and oxygen atoms in total. The summed E-state index contributed by atoms with van der Waals surface area (Å²) in [4.78, 5) is 11.4. The Labute approximate surface area is 109 Å². The van der Waals surface area contributed by atoms with Gasteiger partial charge in [-0.15, -0.1) is 0 Å². The number of piperidine rings is 1. The van der Waals surface area contributed by atoms with E-state index in [0.717, 1.165) is 12.8 Å². The van der Waals surface area contributed by atoms with Crippen molar-refractivity contribution in [1.82, 2.24) is 4.31 Å². The lowest BCUT2D eigenvalue weighted by molar-refractivity contribution is -0.139. The van der Waals surface area contributed by atoms with Crippen LogP contribution in [0.5, 0.6) is 0 Å². The summed E-state index contributed by atoms with van der Waals surface area (Å²) in [5.74, 6) is -0.558. The summed E-state index contributed by atoms with van der Waals surface area (Å²) < 4.78 is 30.6. The number of esters is 1. The van der Waals surface area contributed by atoms with Crippen molar-refractivity contribution in [3.63, 3.8) is 0 Å². The molecular formula is C11H22N2O4S. The quantitative estimate of drug-likeness (QED) is 0.727. The Kier molecular flexibility index (Phi) is 5.12. The molecule has 1 heterocycles. The van der Waals surface area contributed by atoms with Gasteiger partial charge in [-0.25, -0.2) is 8.42 Å². The average molecular weight is 278 g/mol. The van der Waals surface area contributed by atoms with E-state index < -0.39 is 21.2 Å². The lowest BCUT2D eigenvalue weighted by atomic mass is 9.96. The highest BCUT2D eigenvalue weighted by Gasteiger charge is 2.39. The SMILES string of the molecule is COC(=O)C(C)S(=O)(=O)N1CC(CN)CCC1C. The molecule has 1 fully saturated rings. The summed E-state index contributed by atoms with van der Waals surface area (Å²) in [6.07, 6.45) is 1.70. The first kappa shape index (κ1) is 15.4.